The monoisotopic (exact) mass is 110 g/mol. The predicted molar refractivity (Wildman–Crippen MR) is 29.0 cm³/mol. The molecule has 0 radical (unpaired) electrons. The fourth-order valence-electron chi connectivity index (χ4n) is 0. The van der Waals surface area contributed by atoms with E-state index in [0.29, 0.717) is 0 Å². The van der Waals surface area contributed by atoms with Gasteiger partial charge in [-0.1, -0.05) is 6.92 Å². The van der Waals surface area contributed by atoms with Crippen molar-refractivity contribution in [3.05, 3.63) is 6.92 Å². The van der Waals surface area contributed by atoms with Gasteiger partial charge in [-0.3, -0.25) is 4.79 Å². The predicted octanol–water partition coefficient (Wildman–Crippen LogP) is -1.67. The minimum Gasteiger partial charge on any atom is -0.481 e. The van der Waals surface area contributed by atoms with Crippen molar-refractivity contribution >= 4 is 5.97 Å². The second-order valence-corrected chi connectivity index (χ2v) is 1.02. The molecule has 0 aliphatic carbocycles. The van der Waals surface area contributed by atoms with E-state index in [9.17, 15) is 0 Å². The number of carboxylic acids is 1. The first-order valence-electron chi connectivity index (χ1n) is 2.13. The molecular weight excluding hydrogens is 99.0 g/mol. The van der Waals surface area contributed by atoms with E-state index in [-0.39, 0.29) is 18.9 Å². The van der Waals surface area contributed by atoms with E-state index in [4.69, 9.17) is 9.90 Å². The molecule has 0 spiro atoms. The quantitative estimate of drug-likeness (QED) is 0.299. The van der Waals surface area contributed by atoms with Crippen molar-refractivity contribution in [1.29, 1.82) is 0 Å². The van der Waals surface area contributed by atoms with Crippen LogP contribution in [0, 0.1) is 6.92 Å². The number of hydrogen-bond donors (Lipinski definition) is 1. The van der Waals surface area contributed by atoms with Crippen LogP contribution in [0.3, 0.4) is 0 Å². The van der Waals surface area contributed by atoms with Crippen molar-refractivity contribution in [3.8, 4) is 0 Å². The maximum absolute atomic E-state index is 9.00. The molecule has 0 unspecified atom stereocenters. The molecule has 0 aromatic heterocycles. The molecule has 0 saturated heterocycles. The SMILES string of the molecule is CC(=O)O.[CH2-]CC.[Li+]. The van der Waals surface area contributed by atoms with E-state index in [2.05, 4.69) is 6.92 Å². The van der Waals surface area contributed by atoms with E-state index in [0.717, 1.165) is 13.3 Å². The zero-order valence-corrected chi connectivity index (χ0v) is 5.77. The van der Waals surface area contributed by atoms with Gasteiger partial charge in [0, 0.05) is 6.92 Å². The Bertz CT molecular complexity index is 41.7. The van der Waals surface area contributed by atoms with Crippen molar-refractivity contribution < 1.29 is 28.8 Å². The van der Waals surface area contributed by atoms with E-state index in [1.54, 1.807) is 0 Å². The standard InChI is InChI=1S/C3H7.C2H4O2.Li/c1-3-2;1-2(3)4;/h1,3H2,2H3;1H3,(H,3,4);/q-1;;+1. The van der Waals surface area contributed by atoms with Gasteiger partial charge in [0.05, 0.1) is 0 Å². The summed E-state index contributed by atoms with van der Waals surface area (Å²) in [6, 6.07) is 0. The third-order valence-corrected chi connectivity index (χ3v) is 0. The van der Waals surface area contributed by atoms with Gasteiger partial charge in [0.15, 0.2) is 0 Å². The first kappa shape index (κ1) is 15.7. The van der Waals surface area contributed by atoms with Crippen LogP contribution in [0.5, 0.6) is 0 Å². The number of aliphatic carboxylic acids is 1. The van der Waals surface area contributed by atoms with Crippen molar-refractivity contribution in [1.82, 2.24) is 0 Å². The first-order valence-corrected chi connectivity index (χ1v) is 2.13. The van der Waals surface area contributed by atoms with Crippen molar-refractivity contribution in [3.63, 3.8) is 0 Å². The topological polar surface area (TPSA) is 37.3 Å². The Hall–Kier alpha value is 0.0674. The Labute approximate surface area is 62.5 Å². The summed E-state index contributed by atoms with van der Waals surface area (Å²) in [5, 5.41) is 7.42. The second kappa shape index (κ2) is 15.7. The molecule has 0 aliphatic heterocycles. The summed E-state index contributed by atoms with van der Waals surface area (Å²) in [6.07, 6.45) is 1.00. The Morgan fingerprint density at radius 2 is 1.75 bits per heavy atom. The molecule has 0 saturated carbocycles. The van der Waals surface area contributed by atoms with Gasteiger partial charge in [0.25, 0.3) is 5.97 Å². The average molecular weight is 110 g/mol. The van der Waals surface area contributed by atoms with Gasteiger partial charge in [-0.2, -0.15) is 6.42 Å². The average Bonchev–Trinajstić information content (AvgIpc) is 1.33. The molecular formula is C5H11LiO2. The molecule has 2 nitrogen and oxygen atoms in total. The normalized spacial score (nSPS) is 5.38. The van der Waals surface area contributed by atoms with Gasteiger partial charge in [-0.05, 0) is 0 Å². The molecule has 0 rings (SSSR count). The molecule has 0 heterocycles. The maximum atomic E-state index is 9.00. The summed E-state index contributed by atoms with van der Waals surface area (Å²) in [5.74, 6) is -0.833. The molecule has 0 atom stereocenters. The van der Waals surface area contributed by atoms with Crippen LogP contribution >= 0.6 is 0 Å². The number of rotatable bonds is 0. The number of carbonyl (C=O) groups is 1. The van der Waals surface area contributed by atoms with Crippen molar-refractivity contribution in [2.45, 2.75) is 20.3 Å². The summed E-state index contributed by atoms with van der Waals surface area (Å²) in [4.78, 5) is 9.00. The minimum absolute atomic E-state index is 0. The van der Waals surface area contributed by atoms with Crippen LogP contribution in [-0.4, -0.2) is 11.1 Å². The Kier molecular flexibility index (Phi) is 30.8. The third kappa shape index (κ3) is 34300. The fourth-order valence-corrected chi connectivity index (χ4v) is 0. The van der Waals surface area contributed by atoms with Crippen LogP contribution in [-0.2, 0) is 4.79 Å². The number of hydrogen-bond acceptors (Lipinski definition) is 1. The van der Waals surface area contributed by atoms with Gasteiger partial charge in [-0.25, -0.2) is 0 Å². The fraction of sp³-hybridized carbons (Fsp3) is 0.600. The van der Waals surface area contributed by atoms with Crippen molar-refractivity contribution in [2.24, 2.45) is 0 Å². The first-order chi connectivity index (χ1) is 3.15. The number of carboxylic acid groups (broad SMARTS) is 1. The second-order valence-electron chi connectivity index (χ2n) is 1.02. The zero-order valence-electron chi connectivity index (χ0n) is 5.77. The summed E-state index contributed by atoms with van der Waals surface area (Å²) in [5.41, 5.74) is 0. The molecule has 1 N–H and O–H groups in total. The molecule has 0 aromatic rings. The third-order valence-electron chi connectivity index (χ3n) is 0. The van der Waals surface area contributed by atoms with Gasteiger partial charge in [-0.15, -0.1) is 0 Å². The summed E-state index contributed by atoms with van der Waals surface area (Å²) in [7, 11) is 0. The maximum Gasteiger partial charge on any atom is 1.00 e. The summed E-state index contributed by atoms with van der Waals surface area (Å²) >= 11 is 0. The summed E-state index contributed by atoms with van der Waals surface area (Å²) in [6.45, 7) is 6.58. The van der Waals surface area contributed by atoms with Crippen molar-refractivity contribution in [2.75, 3.05) is 0 Å². The van der Waals surface area contributed by atoms with E-state index in [1.165, 1.54) is 0 Å². The van der Waals surface area contributed by atoms with Crippen LogP contribution in [0.15, 0.2) is 0 Å². The zero-order chi connectivity index (χ0) is 6.28. The summed E-state index contributed by atoms with van der Waals surface area (Å²) < 4.78 is 0. The van der Waals surface area contributed by atoms with E-state index in [1.807, 2.05) is 6.92 Å². The molecule has 0 amide bonds. The van der Waals surface area contributed by atoms with Gasteiger partial charge < -0.3 is 12.0 Å². The van der Waals surface area contributed by atoms with Crippen LogP contribution < -0.4 is 18.9 Å². The van der Waals surface area contributed by atoms with Gasteiger partial charge >= 0.3 is 18.9 Å². The molecule has 0 bridgehead atoms. The molecule has 44 valence electrons. The van der Waals surface area contributed by atoms with Crippen LogP contribution in [0.2, 0.25) is 0 Å². The van der Waals surface area contributed by atoms with E-state index >= 15 is 0 Å². The Morgan fingerprint density at radius 3 is 1.75 bits per heavy atom. The molecule has 0 aliphatic rings. The van der Waals surface area contributed by atoms with Crippen LogP contribution in [0.25, 0.3) is 0 Å². The molecule has 3 heteroatoms. The van der Waals surface area contributed by atoms with Crippen LogP contribution in [0.4, 0.5) is 0 Å². The van der Waals surface area contributed by atoms with Gasteiger partial charge in [0.1, 0.15) is 0 Å². The largest absolute Gasteiger partial charge is 1.00 e. The van der Waals surface area contributed by atoms with E-state index < -0.39 is 5.97 Å². The smallest absolute Gasteiger partial charge is 0.481 e. The molecule has 0 aromatic carbocycles. The minimum atomic E-state index is -0.833. The molecule has 0 fully saturated rings. The Balaban J connectivity index is -0.0000000575. The Morgan fingerprint density at radius 1 is 1.75 bits per heavy atom. The van der Waals surface area contributed by atoms with Gasteiger partial charge in [0.2, 0.25) is 0 Å². The molecule has 8 heavy (non-hydrogen) atoms. The van der Waals surface area contributed by atoms with Crippen LogP contribution in [0.1, 0.15) is 20.3 Å².